The zero-order valence-corrected chi connectivity index (χ0v) is 13.8. The maximum Gasteiger partial charge on any atom is 0.0700 e. The van der Waals surface area contributed by atoms with E-state index in [-0.39, 0.29) is 0 Å². The van der Waals surface area contributed by atoms with Gasteiger partial charge in [-0.2, -0.15) is 0 Å². The van der Waals surface area contributed by atoms with Crippen LogP contribution in [0.25, 0.3) is 0 Å². The minimum atomic E-state index is 0.428. The van der Waals surface area contributed by atoms with Gasteiger partial charge in [-0.05, 0) is 60.2 Å². The third-order valence-corrected chi connectivity index (χ3v) is 5.36. The largest absolute Gasteiger partial charge is 0.377 e. The zero-order valence-electron chi connectivity index (χ0n) is 13.8. The molecule has 118 valence electrons. The zero-order chi connectivity index (χ0) is 14.6. The van der Waals surface area contributed by atoms with Gasteiger partial charge < -0.3 is 19.9 Å². The lowest BCUT2D eigenvalue weighted by atomic mass is 9.75. The van der Waals surface area contributed by atoms with Crippen molar-refractivity contribution in [1.82, 2.24) is 15.1 Å². The van der Waals surface area contributed by atoms with Crippen molar-refractivity contribution < 1.29 is 4.74 Å². The quantitative estimate of drug-likeness (QED) is 0.732. The Morgan fingerprint density at radius 1 is 1.25 bits per heavy atom. The van der Waals surface area contributed by atoms with Crippen molar-refractivity contribution in [3.8, 4) is 0 Å². The van der Waals surface area contributed by atoms with Crippen LogP contribution in [0.2, 0.25) is 0 Å². The van der Waals surface area contributed by atoms with E-state index in [1.165, 1.54) is 38.6 Å². The lowest BCUT2D eigenvalue weighted by Crippen LogP contribution is -2.58. The van der Waals surface area contributed by atoms with Gasteiger partial charge in [0.15, 0.2) is 0 Å². The Morgan fingerprint density at radius 3 is 2.50 bits per heavy atom. The first kappa shape index (κ1) is 16.2. The summed E-state index contributed by atoms with van der Waals surface area (Å²) in [6, 6.07) is 0.578. The molecular formula is C16H33N3O. The highest BCUT2D eigenvalue weighted by molar-refractivity contribution is 4.98. The van der Waals surface area contributed by atoms with Crippen molar-refractivity contribution in [3.05, 3.63) is 0 Å². The molecule has 4 nitrogen and oxygen atoms in total. The number of nitrogens with one attached hydrogen (secondary N) is 1. The molecule has 1 saturated carbocycles. The average molecular weight is 283 g/mol. The third kappa shape index (κ3) is 3.94. The van der Waals surface area contributed by atoms with Crippen LogP contribution in [-0.4, -0.2) is 74.9 Å². The molecule has 20 heavy (non-hydrogen) atoms. The second kappa shape index (κ2) is 7.21. The van der Waals surface area contributed by atoms with E-state index in [0.717, 1.165) is 19.7 Å². The molecule has 1 saturated heterocycles. The Hall–Kier alpha value is -0.160. The van der Waals surface area contributed by atoms with Gasteiger partial charge >= 0.3 is 0 Å². The van der Waals surface area contributed by atoms with E-state index in [9.17, 15) is 0 Å². The van der Waals surface area contributed by atoms with Crippen LogP contribution in [0.3, 0.4) is 0 Å². The lowest BCUT2D eigenvalue weighted by Gasteiger charge is -2.50. The molecule has 0 aromatic rings. The van der Waals surface area contributed by atoms with Crippen molar-refractivity contribution in [2.24, 2.45) is 0 Å². The molecule has 0 aromatic carbocycles. The lowest BCUT2D eigenvalue weighted by molar-refractivity contribution is 0.0178. The molecule has 2 rings (SSSR count). The average Bonchev–Trinajstić information content (AvgIpc) is 2.85. The molecule has 2 atom stereocenters. The summed E-state index contributed by atoms with van der Waals surface area (Å²) in [6.45, 7) is 6.53. The number of rotatable bonds is 8. The Labute approximate surface area is 124 Å². The third-order valence-electron chi connectivity index (χ3n) is 5.36. The number of nitrogens with zero attached hydrogens (tertiary/aromatic N) is 2. The van der Waals surface area contributed by atoms with E-state index >= 15 is 0 Å². The fourth-order valence-electron chi connectivity index (χ4n) is 3.37. The fourth-order valence-corrected chi connectivity index (χ4v) is 3.37. The normalized spacial score (nSPS) is 27.0. The Morgan fingerprint density at radius 2 is 2.00 bits per heavy atom. The molecule has 1 aliphatic heterocycles. The molecule has 0 amide bonds. The van der Waals surface area contributed by atoms with Gasteiger partial charge in [0.05, 0.1) is 6.10 Å². The fraction of sp³-hybridized carbons (Fsp3) is 1.00. The van der Waals surface area contributed by atoms with Crippen LogP contribution in [0.15, 0.2) is 0 Å². The number of hydrogen-bond acceptors (Lipinski definition) is 4. The van der Waals surface area contributed by atoms with Crippen LogP contribution in [0.5, 0.6) is 0 Å². The molecule has 0 bridgehead atoms. The number of hydrogen-bond donors (Lipinski definition) is 1. The van der Waals surface area contributed by atoms with Gasteiger partial charge in [0.25, 0.3) is 0 Å². The topological polar surface area (TPSA) is 27.7 Å². The second-order valence-corrected chi connectivity index (χ2v) is 7.03. The molecule has 4 heteroatoms. The molecule has 0 radical (unpaired) electrons. The number of likely N-dealkylation sites (N-methyl/N-ethyl adjacent to an activating group) is 2. The summed E-state index contributed by atoms with van der Waals surface area (Å²) in [5, 5.41) is 3.58. The Balaban J connectivity index is 1.67. The molecule has 1 N–H and O–H groups in total. The molecular weight excluding hydrogens is 250 g/mol. The maximum absolute atomic E-state index is 5.65. The van der Waals surface area contributed by atoms with Crippen LogP contribution in [0, 0.1) is 0 Å². The summed E-state index contributed by atoms with van der Waals surface area (Å²) in [5.41, 5.74) is 0.428. The second-order valence-electron chi connectivity index (χ2n) is 7.03. The van der Waals surface area contributed by atoms with Gasteiger partial charge in [-0.25, -0.2) is 0 Å². The van der Waals surface area contributed by atoms with Crippen LogP contribution in [-0.2, 0) is 4.74 Å². The maximum atomic E-state index is 5.65. The summed E-state index contributed by atoms with van der Waals surface area (Å²) in [7, 11) is 6.72. The van der Waals surface area contributed by atoms with Gasteiger partial charge in [0.2, 0.25) is 0 Å². The van der Waals surface area contributed by atoms with Crippen LogP contribution < -0.4 is 5.32 Å². The predicted molar refractivity (Wildman–Crippen MR) is 84.2 cm³/mol. The van der Waals surface area contributed by atoms with Crippen molar-refractivity contribution in [2.45, 2.75) is 56.7 Å². The SMILES string of the molecule is CC(CNCC1CCCO1)N(C)CC1(N(C)C)CCC1. The van der Waals surface area contributed by atoms with Crippen LogP contribution in [0.1, 0.15) is 39.0 Å². The minimum Gasteiger partial charge on any atom is -0.377 e. The molecule has 0 spiro atoms. The van der Waals surface area contributed by atoms with E-state index < -0.39 is 0 Å². The highest BCUT2D eigenvalue weighted by Crippen LogP contribution is 2.36. The smallest absolute Gasteiger partial charge is 0.0700 e. The predicted octanol–water partition coefficient (Wildman–Crippen LogP) is 1.56. The first-order valence-corrected chi connectivity index (χ1v) is 8.23. The van der Waals surface area contributed by atoms with Gasteiger partial charge in [0, 0.05) is 37.8 Å². The highest BCUT2D eigenvalue weighted by Gasteiger charge is 2.40. The summed E-state index contributed by atoms with van der Waals surface area (Å²) in [4.78, 5) is 4.95. The first-order valence-electron chi connectivity index (χ1n) is 8.23. The van der Waals surface area contributed by atoms with E-state index in [4.69, 9.17) is 4.74 Å². The van der Waals surface area contributed by atoms with Crippen molar-refractivity contribution in [2.75, 3.05) is 47.4 Å². The van der Waals surface area contributed by atoms with Crippen LogP contribution in [0.4, 0.5) is 0 Å². The first-order chi connectivity index (χ1) is 9.53. The Kier molecular flexibility index (Phi) is 5.84. The van der Waals surface area contributed by atoms with Crippen molar-refractivity contribution >= 4 is 0 Å². The molecule has 2 unspecified atom stereocenters. The van der Waals surface area contributed by atoms with Crippen molar-refractivity contribution in [1.29, 1.82) is 0 Å². The monoisotopic (exact) mass is 283 g/mol. The summed E-state index contributed by atoms with van der Waals surface area (Å²) in [6.07, 6.45) is 6.99. The van der Waals surface area contributed by atoms with E-state index in [1.54, 1.807) is 0 Å². The number of ether oxygens (including phenoxy) is 1. The van der Waals surface area contributed by atoms with Crippen LogP contribution >= 0.6 is 0 Å². The Bertz CT molecular complexity index is 285. The minimum absolute atomic E-state index is 0.428. The van der Waals surface area contributed by atoms with Gasteiger partial charge in [-0.1, -0.05) is 0 Å². The summed E-state index contributed by atoms with van der Waals surface area (Å²) >= 11 is 0. The van der Waals surface area contributed by atoms with Crippen molar-refractivity contribution in [3.63, 3.8) is 0 Å². The molecule has 0 aromatic heterocycles. The standard InChI is InChI=1S/C16H33N3O/c1-14(11-17-12-15-7-5-10-20-15)19(4)13-16(18(2)3)8-6-9-16/h14-15,17H,5-13H2,1-4H3. The van der Waals surface area contributed by atoms with E-state index in [2.05, 4.69) is 43.2 Å². The van der Waals surface area contributed by atoms with E-state index in [1.807, 2.05) is 0 Å². The van der Waals surface area contributed by atoms with Gasteiger partial charge in [-0.3, -0.25) is 0 Å². The molecule has 2 aliphatic rings. The molecule has 2 fully saturated rings. The van der Waals surface area contributed by atoms with Gasteiger partial charge in [-0.15, -0.1) is 0 Å². The molecule has 1 aliphatic carbocycles. The summed E-state index contributed by atoms with van der Waals surface area (Å²) < 4.78 is 5.65. The highest BCUT2D eigenvalue weighted by atomic mass is 16.5. The molecule has 1 heterocycles. The summed E-state index contributed by atoms with van der Waals surface area (Å²) in [5.74, 6) is 0. The van der Waals surface area contributed by atoms with Gasteiger partial charge in [0.1, 0.15) is 0 Å². The van der Waals surface area contributed by atoms with E-state index in [0.29, 0.717) is 17.7 Å².